The first-order valence-corrected chi connectivity index (χ1v) is 10.9. The van der Waals surface area contributed by atoms with Gasteiger partial charge in [-0.3, -0.25) is 14.7 Å². The summed E-state index contributed by atoms with van der Waals surface area (Å²) in [4.78, 5) is 11.1. The number of nitro groups is 1. The molecule has 0 fully saturated rings. The molecule has 10 heteroatoms. The maximum absolute atomic E-state index is 11.4. The van der Waals surface area contributed by atoms with E-state index in [1.807, 2.05) is 54.8 Å². The fraction of sp³-hybridized carbons (Fsp3) is 0.300. The van der Waals surface area contributed by atoms with Crippen LogP contribution in [0, 0.1) is 17.0 Å². The van der Waals surface area contributed by atoms with Gasteiger partial charge in [-0.15, -0.1) is 10.2 Å². The zero-order chi connectivity index (χ0) is 21.7. The van der Waals surface area contributed by atoms with Crippen molar-refractivity contribution in [2.45, 2.75) is 24.3 Å². The lowest BCUT2D eigenvalue weighted by molar-refractivity contribution is -0.479. The van der Waals surface area contributed by atoms with E-state index in [1.54, 1.807) is 13.2 Å². The summed E-state index contributed by atoms with van der Waals surface area (Å²) < 4.78 is 13.7. The van der Waals surface area contributed by atoms with Gasteiger partial charge in [0.15, 0.2) is 16.7 Å². The first-order chi connectivity index (χ1) is 14.4. The van der Waals surface area contributed by atoms with Gasteiger partial charge in [0.05, 0.1) is 18.2 Å². The molecule has 1 atom stereocenters. The molecule has 158 valence electrons. The molecule has 0 spiro atoms. The third-order valence-electron chi connectivity index (χ3n) is 4.28. The monoisotopic (exact) mass is 492 g/mol. The smallest absolute Gasteiger partial charge is 0.220 e. The number of thioether (sulfide) groups is 1. The molecule has 0 amide bonds. The van der Waals surface area contributed by atoms with Crippen LogP contribution in [-0.2, 0) is 0 Å². The van der Waals surface area contributed by atoms with Crippen molar-refractivity contribution >= 4 is 27.7 Å². The summed E-state index contributed by atoms with van der Waals surface area (Å²) in [6.45, 7) is 3.92. The van der Waals surface area contributed by atoms with Crippen molar-refractivity contribution in [1.82, 2.24) is 14.8 Å². The van der Waals surface area contributed by atoms with Crippen LogP contribution in [0.5, 0.6) is 11.5 Å². The predicted octanol–water partition coefficient (Wildman–Crippen LogP) is 4.86. The number of aromatic nitrogens is 3. The molecule has 0 radical (unpaired) electrons. The third kappa shape index (κ3) is 4.93. The average molecular weight is 493 g/mol. The van der Waals surface area contributed by atoms with Crippen LogP contribution in [0.2, 0.25) is 0 Å². The van der Waals surface area contributed by atoms with Gasteiger partial charge < -0.3 is 9.47 Å². The van der Waals surface area contributed by atoms with Crippen LogP contribution < -0.4 is 9.47 Å². The number of methoxy groups -OCH3 is 1. The summed E-state index contributed by atoms with van der Waals surface area (Å²) in [7, 11) is 1.54. The zero-order valence-electron chi connectivity index (χ0n) is 16.7. The van der Waals surface area contributed by atoms with Crippen LogP contribution in [0.1, 0.15) is 23.6 Å². The molecule has 0 aliphatic carbocycles. The second kappa shape index (κ2) is 9.94. The van der Waals surface area contributed by atoms with Gasteiger partial charge in [-0.25, -0.2) is 0 Å². The maximum atomic E-state index is 11.4. The molecular formula is C20H21BrN4O4S. The Kier molecular flexibility index (Phi) is 7.33. The minimum atomic E-state index is -0.507. The zero-order valence-corrected chi connectivity index (χ0v) is 19.1. The Morgan fingerprint density at radius 3 is 2.63 bits per heavy atom. The molecule has 1 aromatic heterocycles. The summed E-state index contributed by atoms with van der Waals surface area (Å²) in [5, 5.41) is 19.9. The van der Waals surface area contributed by atoms with Crippen molar-refractivity contribution < 1.29 is 14.4 Å². The van der Waals surface area contributed by atoms with Crippen molar-refractivity contribution in [3.05, 3.63) is 68.4 Å². The fourth-order valence-electron chi connectivity index (χ4n) is 2.98. The highest BCUT2D eigenvalue weighted by Crippen LogP contribution is 2.43. The van der Waals surface area contributed by atoms with Gasteiger partial charge in [0, 0.05) is 10.6 Å². The summed E-state index contributed by atoms with van der Waals surface area (Å²) in [5.74, 6) is 1.78. The molecular weight excluding hydrogens is 472 g/mol. The van der Waals surface area contributed by atoms with Crippen LogP contribution in [-0.4, -0.2) is 39.9 Å². The first-order valence-electron chi connectivity index (χ1n) is 9.20. The SMILES string of the molecule is CCOc1c(Br)cc([C@@H](C[N+](=O)[O-])Sc2nnc(C)n2-c2ccccc2)cc1OC. The lowest BCUT2D eigenvalue weighted by atomic mass is 10.1. The Hall–Kier alpha value is -2.59. The van der Waals surface area contributed by atoms with E-state index in [2.05, 4.69) is 26.1 Å². The highest BCUT2D eigenvalue weighted by Gasteiger charge is 2.26. The molecule has 0 unspecified atom stereocenters. The fourth-order valence-corrected chi connectivity index (χ4v) is 4.71. The van der Waals surface area contributed by atoms with Crippen molar-refractivity contribution in [1.29, 1.82) is 0 Å². The molecule has 0 N–H and O–H groups in total. The van der Waals surface area contributed by atoms with Gasteiger partial charge in [0.1, 0.15) is 11.1 Å². The van der Waals surface area contributed by atoms with E-state index in [0.717, 1.165) is 11.3 Å². The first kappa shape index (κ1) is 22.1. The van der Waals surface area contributed by atoms with Gasteiger partial charge in [-0.05, 0) is 59.6 Å². The van der Waals surface area contributed by atoms with Gasteiger partial charge in [-0.1, -0.05) is 30.0 Å². The summed E-state index contributed by atoms with van der Waals surface area (Å²) in [5.41, 5.74) is 1.62. The lowest BCUT2D eigenvalue weighted by Gasteiger charge is -2.18. The van der Waals surface area contributed by atoms with E-state index in [4.69, 9.17) is 9.47 Å². The van der Waals surface area contributed by atoms with Gasteiger partial charge >= 0.3 is 0 Å². The van der Waals surface area contributed by atoms with Gasteiger partial charge in [-0.2, -0.15) is 0 Å². The normalized spacial score (nSPS) is 11.9. The topological polar surface area (TPSA) is 92.3 Å². The van der Waals surface area contributed by atoms with Crippen molar-refractivity contribution in [2.24, 2.45) is 0 Å². The van der Waals surface area contributed by atoms with E-state index in [-0.39, 0.29) is 11.5 Å². The minimum absolute atomic E-state index is 0.283. The molecule has 30 heavy (non-hydrogen) atoms. The number of nitrogens with zero attached hydrogens (tertiary/aromatic N) is 4. The highest BCUT2D eigenvalue weighted by atomic mass is 79.9. The van der Waals surface area contributed by atoms with E-state index < -0.39 is 5.25 Å². The lowest BCUT2D eigenvalue weighted by Crippen LogP contribution is -2.12. The molecule has 3 rings (SSSR count). The van der Waals surface area contributed by atoms with Crippen LogP contribution in [0.15, 0.2) is 52.1 Å². The van der Waals surface area contributed by atoms with Gasteiger partial charge in [0.2, 0.25) is 6.54 Å². The van der Waals surface area contributed by atoms with E-state index in [0.29, 0.717) is 33.6 Å². The number of aryl methyl sites for hydroxylation is 1. The van der Waals surface area contributed by atoms with Crippen molar-refractivity contribution in [3.63, 3.8) is 0 Å². The second-order valence-electron chi connectivity index (χ2n) is 6.29. The Bertz CT molecular complexity index is 1030. The number of hydrogen-bond acceptors (Lipinski definition) is 7. The van der Waals surface area contributed by atoms with Gasteiger partial charge in [0.25, 0.3) is 0 Å². The van der Waals surface area contributed by atoms with Crippen LogP contribution in [0.4, 0.5) is 0 Å². The molecule has 8 nitrogen and oxygen atoms in total. The number of para-hydroxylation sites is 1. The van der Waals surface area contributed by atoms with Crippen LogP contribution in [0.25, 0.3) is 5.69 Å². The molecule has 3 aromatic rings. The van der Waals surface area contributed by atoms with Crippen LogP contribution >= 0.6 is 27.7 Å². The summed E-state index contributed by atoms with van der Waals surface area (Å²) in [6.07, 6.45) is 0. The quantitative estimate of drug-likeness (QED) is 0.239. The van der Waals surface area contributed by atoms with E-state index >= 15 is 0 Å². The molecule has 0 aliphatic heterocycles. The molecule has 0 saturated carbocycles. The summed E-state index contributed by atoms with van der Waals surface area (Å²) in [6, 6.07) is 13.3. The molecule has 2 aromatic carbocycles. The van der Waals surface area contributed by atoms with Crippen molar-refractivity contribution in [3.8, 4) is 17.2 Å². The van der Waals surface area contributed by atoms with Crippen molar-refractivity contribution in [2.75, 3.05) is 20.3 Å². The summed E-state index contributed by atoms with van der Waals surface area (Å²) >= 11 is 4.79. The Morgan fingerprint density at radius 2 is 2.00 bits per heavy atom. The molecule has 1 heterocycles. The largest absolute Gasteiger partial charge is 0.493 e. The van der Waals surface area contributed by atoms with E-state index in [1.165, 1.54) is 11.8 Å². The maximum Gasteiger partial charge on any atom is 0.220 e. The number of benzene rings is 2. The average Bonchev–Trinajstić information content (AvgIpc) is 3.09. The Balaban J connectivity index is 2.02. The molecule has 0 bridgehead atoms. The Morgan fingerprint density at radius 1 is 1.27 bits per heavy atom. The number of rotatable bonds is 9. The number of hydrogen-bond donors (Lipinski definition) is 0. The highest BCUT2D eigenvalue weighted by molar-refractivity contribution is 9.10. The molecule has 0 aliphatic rings. The predicted molar refractivity (Wildman–Crippen MR) is 118 cm³/mol. The standard InChI is InChI=1S/C20H21BrN4O4S/c1-4-29-19-16(21)10-14(11-17(19)28-3)18(12-24(26)27)30-20-23-22-13(2)25(20)15-8-6-5-7-9-15/h5-11,18H,4,12H2,1-3H3/t18-/m1/s1. The van der Waals surface area contributed by atoms with Crippen LogP contribution in [0.3, 0.4) is 0 Å². The number of ether oxygens (including phenoxy) is 2. The van der Waals surface area contributed by atoms with E-state index in [9.17, 15) is 10.1 Å². The number of halogens is 1. The second-order valence-corrected chi connectivity index (χ2v) is 8.31. The Labute approximate surface area is 186 Å². The minimum Gasteiger partial charge on any atom is -0.493 e. The molecule has 0 saturated heterocycles. The third-order valence-corrected chi connectivity index (χ3v) is 6.05.